The van der Waals surface area contributed by atoms with Crippen LogP contribution in [-0.4, -0.2) is 21.6 Å². The number of aromatic amines is 1. The number of nitrogens with zero attached hydrogens (tertiary/aromatic N) is 2. The lowest BCUT2D eigenvalue weighted by atomic mass is 10.2. The summed E-state index contributed by atoms with van der Waals surface area (Å²) in [4.78, 5) is 10.4. The zero-order valence-corrected chi connectivity index (χ0v) is 10.6. The van der Waals surface area contributed by atoms with Gasteiger partial charge in [-0.15, -0.1) is 0 Å². The highest BCUT2D eigenvalue weighted by atomic mass is 32.1. The maximum atomic E-state index is 13.6. The molecule has 0 fully saturated rings. The van der Waals surface area contributed by atoms with E-state index >= 15 is 0 Å². The number of halogens is 1. The minimum Gasteiger partial charge on any atom is -0.492 e. The highest BCUT2D eigenvalue weighted by Gasteiger charge is 2.07. The molecule has 0 spiro atoms. The number of ether oxygens (including phenoxy) is 1. The normalized spacial score (nSPS) is 10.3. The maximum absolute atomic E-state index is 13.6. The van der Waals surface area contributed by atoms with E-state index in [9.17, 15) is 4.39 Å². The fourth-order valence-corrected chi connectivity index (χ4v) is 1.60. The first kappa shape index (κ1) is 12.6. The van der Waals surface area contributed by atoms with Crippen molar-refractivity contribution < 1.29 is 9.13 Å². The first-order chi connectivity index (χ1) is 8.70. The van der Waals surface area contributed by atoms with E-state index in [1.807, 2.05) is 6.92 Å². The lowest BCUT2D eigenvalue weighted by molar-refractivity contribution is 0.316. The van der Waals surface area contributed by atoms with Crippen LogP contribution in [0.3, 0.4) is 0 Å². The van der Waals surface area contributed by atoms with Gasteiger partial charge in [-0.25, -0.2) is 9.37 Å². The van der Waals surface area contributed by atoms with Crippen molar-refractivity contribution in [3.8, 4) is 17.0 Å². The standard InChI is InChI=1S/C12H12FN3OS/c1-2-3-17-9-4-8(5-14-6-9)11-10(13)7-15-12(18)16-11/h4-7H,2-3H2,1H3,(H,15,16,18). The molecule has 0 saturated heterocycles. The number of hydrogen-bond donors (Lipinski definition) is 1. The molecule has 0 atom stereocenters. The summed E-state index contributed by atoms with van der Waals surface area (Å²) < 4.78 is 19.3. The third-order valence-electron chi connectivity index (χ3n) is 2.24. The van der Waals surface area contributed by atoms with Crippen LogP contribution in [0.15, 0.2) is 24.7 Å². The van der Waals surface area contributed by atoms with E-state index in [4.69, 9.17) is 17.0 Å². The van der Waals surface area contributed by atoms with Crippen LogP contribution in [0.2, 0.25) is 0 Å². The van der Waals surface area contributed by atoms with Gasteiger partial charge in [0.2, 0.25) is 0 Å². The van der Waals surface area contributed by atoms with Gasteiger partial charge in [-0.3, -0.25) is 4.98 Å². The van der Waals surface area contributed by atoms with E-state index in [0.717, 1.165) is 12.6 Å². The highest BCUT2D eigenvalue weighted by molar-refractivity contribution is 7.71. The van der Waals surface area contributed by atoms with Gasteiger partial charge in [-0.05, 0) is 24.7 Å². The highest BCUT2D eigenvalue weighted by Crippen LogP contribution is 2.22. The first-order valence-electron chi connectivity index (χ1n) is 5.53. The molecule has 0 aliphatic rings. The summed E-state index contributed by atoms with van der Waals surface area (Å²) in [5.74, 6) is 0.128. The Morgan fingerprint density at radius 2 is 2.22 bits per heavy atom. The first-order valence-corrected chi connectivity index (χ1v) is 5.94. The molecule has 2 aromatic rings. The molecule has 0 amide bonds. The number of aromatic nitrogens is 3. The van der Waals surface area contributed by atoms with Crippen LogP contribution in [-0.2, 0) is 0 Å². The van der Waals surface area contributed by atoms with Crippen LogP contribution in [0.25, 0.3) is 11.3 Å². The molecule has 18 heavy (non-hydrogen) atoms. The van der Waals surface area contributed by atoms with Gasteiger partial charge in [-0.1, -0.05) is 6.92 Å². The lowest BCUT2D eigenvalue weighted by Crippen LogP contribution is -1.97. The Labute approximate surface area is 109 Å². The van der Waals surface area contributed by atoms with Crippen molar-refractivity contribution in [3.63, 3.8) is 0 Å². The monoisotopic (exact) mass is 265 g/mol. The van der Waals surface area contributed by atoms with Gasteiger partial charge < -0.3 is 9.72 Å². The SMILES string of the molecule is CCCOc1cncc(-c2[nH]c(=S)ncc2F)c1. The van der Waals surface area contributed by atoms with Crippen LogP contribution in [0.5, 0.6) is 5.75 Å². The Bertz CT molecular complexity index is 600. The van der Waals surface area contributed by atoms with Crippen molar-refractivity contribution in [1.29, 1.82) is 0 Å². The van der Waals surface area contributed by atoms with E-state index in [0.29, 0.717) is 17.9 Å². The summed E-state index contributed by atoms with van der Waals surface area (Å²) in [6, 6.07) is 1.71. The Morgan fingerprint density at radius 3 is 3.00 bits per heavy atom. The second-order valence-corrected chi connectivity index (χ2v) is 4.06. The number of H-pyrrole nitrogens is 1. The summed E-state index contributed by atoms with van der Waals surface area (Å²) >= 11 is 4.88. The fourth-order valence-electron chi connectivity index (χ4n) is 1.44. The Morgan fingerprint density at radius 1 is 1.39 bits per heavy atom. The van der Waals surface area contributed by atoms with E-state index in [1.54, 1.807) is 18.5 Å². The molecular weight excluding hydrogens is 253 g/mol. The molecule has 2 aromatic heterocycles. The van der Waals surface area contributed by atoms with Gasteiger partial charge >= 0.3 is 0 Å². The van der Waals surface area contributed by atoms with Gasteiger partial charge in [-0.2, -0.15) is 0 Å². The van der Waals surface area contributed by atoms with E-state index in [2.05, 4.69) is 15.0 Å². The molecule has 6 heteroatoms. The summed E-state index contributed by atoms with van der Waals surface area (Å²) in [6.45, 7) is 2.61. The average molecular weight is 265 g/mol. The smallest absolute Gasteiger partial charge is 0.197 e. The zero-order chi connectivity index (χ0) is 13.0. The van der Waals surface area contributed by atoms with E-state index in [-0.39, 0.29) is 10.5 Å². The Balaban J connectivity index is 2.38. The van der Waals surface area contributed by atoms with Crippen LogP contribution < -0.4 is 4.74 Å². The van der Waals surface area contributed by atoms with E-state index < -0.39 is 5.82 Å². The van der Waals surface area contributed by atoms with Gasteiger partial charge in [0.1, 0.15) is 5.75 Å². The second kappa shape index (κ2) is 5.68. The third kappa shape index (κ3) is 2.89. The minimum atomic E-state index is -0.474. The van der Waals surface area contributed by atoms with Crippen molar-refractivity contribution in [2.75, 3.05) is 6.61 Å². The Kier molecular flexibility index (Phi) is 3.99. The molecule has 2 heterocycles. The van der Waals surface area contributed by atoms with Crippen molar-refractivity contribution in [2.24, 2.45) is 0 Å². The van der Waals surface area contributed by atoms with Crippen molar-refractivity contribution in [2.45, 2.75) is 13.3 Å². The molecule has 0 aromatic carbocycles. The Hall–Kier alpha value is -1.82. The predicted octanol–water partition coefficient (Wildman–Crippen LogP) is 3.13. The van der Waals surface area contributed by atoms with Gasteiger partial charge in [0.25, 0.3) is 0 Å². The summed E-state index contributed by atoms with van der Waals surface area (Å²) in [6.07, 6.45) is 5.12. The fraction of sp³-hybridized carbons (Fsp3) is 0.250. The van der Waals surface area contributed by atoms with Crippen LogP contribution in [0, 0.1) is 10.6 Å². The molecule has 0 aliphatic carbocycles. The minimum absolute atomic E-state index is 0.228. The largest absolute Gasteiger partial charge is 0.492 e. The zero-order valence-electron chi connectivity index (χ0n) is 9.81. The second-order valence-electron chi connectivity index (χ2n) is 3.67. The van der Waals surface area contributed by atoms with Crippen LogP contribution >= 0.6 is 12.2 Å². The average Bonchev–Trinajstić information content (AvgIpc) is 2.39. The van der Waals surface area contributed by atoms with Gasteiger partial charge in [0.15, 0.2) is 10.6 Å². The topological polar surface area (TPSA) is 50.8 Å². The molecule has 94 valence electrons. The summed E-state index contributed by atoms with van der Waals surface area (Å²) in [5.41, 5.74) is 0.846. The quantitative estimate of drug-likeness (QED) is 0.863. The summed E-state index contributed by atoms with van der Waals surface area (Å²) in [7, 11) is 0. The third-order valence-corrected chi connectivity index (χ3v) is 2.45. The van der Waals surface area contributed by atoms with Crippen LogP contribution in [0.1, 0.15) is 13.3 Å². The van der Waals surface area contributed by atoms with Crippen molar-refractivity contribution in [3.05, 3.63) is 35.2 Å². The van der Waals surface area contributed by atoms with Crippen LogP contribution in [0.4, 0.5) is 4.39 Å². The molecule has 0 bridgehead atoms. The predicted molar refractivity (Wildman–Crippen MR) is 68.4 cm³/mol. The molecule has 0 unspecified atom stereocenters. The van der Waals surface area contributed by atoms with Gasteiger partial charge in [0, 0.05) is 11.8 Å². The van der Waals surface area contributed by atoms with Gasteiger partial charge in [0.05, 0.1) is 24.7 Å². The molecule has 0 saturated carbocycles. The molecule has 0 radical (unpaired) electrons. The molecular formula is C12H12FN3OS. The maximum Gasteiger partial charge on any atom is 0.197 e. The number of rotatable bonds is 4. The summed E-state index contributed by atoms with van der Waals surface area (Å²) in [5, 5.41) is 0. The lowest BCUT2D eigenvalue weighted by Gasteiger charge is -2.07. The molecule has 4 nitrogen and oxygen atoms in total. The number of pyridine rings is 1. The number of nitrogens with one attached hydrogen (secondary N) is 1. The molecule has 2 rings (SSSR count). The number of hydrogen-bond acceptors (Lipinski definition) is 4. The molecule has 1 N–H and O–H groups in total. The van der Waals surface area contributed by atoms with Crippen molar-refractivity contribution in [1.82, 2.24) is 15.0 Å². The molecule has 0 aliphatic heterocycles. The van der Waals surface area contributed by atoms with E-state index in [1.165, 1.54) is 0 Å². The van der Waals surface area contributed by atoms with Crippen molar-refractivity contribution >= 4 is 12.2 Å².